The molecule has 2 atom stereocenters. The molecule has 4 nitrogen and oxygen atoms in total. The smallest absolute Gasteiger partial charge is 0.153 e. The van der Waals surface area contributed by atoms with Crippen molar-refractivity contribution in [2.45, 2.75) is 44.7 Å². The Labute approximate surface area is 105 Å². The van der Waals surface area contributed by atoms with Crippen LogP contribution in [0.15, 0.2) is 0 Å². The summed E-state index contributed by atoms with van der Waals surface area (Å²) >= 11 is 0. The summed E-state index contributed by atoms with van der Waals surface area (Å²) in [5.74, 6) is 0.689. The van der Waals surface area contributed by atoms with Gasteiger partial charge in [0.05, 0.1) is 11.5 Å². The fourth-order valence-corrected chi connectivity index (χ4v) is 4.91. The third-order valence-corrected chi connectivity index (χ3v) is 5.59. The topological polar surface area (TPSA) is 49.4 Å². The highest BCUT2D eigenvalue weighted by Crippen LogP contribution is 2.22. The first kappa shape index (κ1) is 13.3. The Bertz CT molecular complexity index is 336. The molecule has 0 amide bonds. The van der Waals surface area contributed by atoms with E-state index in [1.807, 2.05) is 0 Å². The molecule has 2 heterocycles. The average Bonchev–Trinajstić information content (AvgIpc) is 2.86. The molecule has 1 N–H and O–H groups in total. The van der Waals surface area contributed by atoms with Crippen molar-refractivity contribution in [2.75, 3.05) is 31.1 Å². The lowest BCUT2D eigenvalue weighted by Crippen LogP contribution is -2.48. The van der Waals surface area contributed by atoms with Gasteiger partial charge >= 0.3 is 0 Å². The van der Waals surface area contributed by atoms with Gasteiger partial charge in [-0.3, -0.25) is 4.90 Å². The molecule has 2 fully saturated rings. The molecule has 0 aromatic carbocycles. The van der Waals surface area contributed by atoms with E-state index in [9.17, 15) is 8.42 Å². The first-order valence-electron chi connectivity index (χ1n) is 6.80. The van der Waals surface area contributed by atoms with Crippen LogP contribution in [0.2, 0.25) is 0 Å². The van der Waals surface area contributed by atoms with Crippen LogP contribution < -0.4 is 5.32 Å². The second-order valence-corrected chi connectivity index (χ2v) is 7.46. The second kappa shape index (κ2) is 5.67. The van der Waals surface area contributed by atoms with E-state index in [2.05, 4.69) is 17.1 Å². The van der Waals surface area contributed by atoms with Crippen LogP contribution in [0.3, 0.4) is 0 Å². The van der Waals surface area contributed by atoms with Gasteiger partial charge in [-0.15, -0.1) is 0 Å². The maximum atomic E-state index is 11.8. The quantitative estimate of drug-likeness (QED) is 0.737. The molecule has 5 heteroatoms. The van der Waals surface area contributed by atoms with E-state index >= 15 is 0 Å². The van der Waals surface area contributed by atoms with Crippen molar-refractivity contribution < 1.29 is 8.42 Å². The molecule has 0 aliphatic carbocycles. The number of hydrogen-bond acceptors (Lipinski definition) is 4. The van der Waals surface area contributed by atoms with Gasteiger partial charge in [-0.05, 0) is 38.9 Å². The monoisotopic (exact) mass is 260 g/mol. The van der Waals surface area contributed by atoms with E-state index in [1.54, 1.807) is 0 Å². The van der Waals surface area contributed by atoms with Gasteiger partial charge in [-0.25, -0.2) is 8.42 Å². The first-order chi connectivity index (χ1) is 8.12. The van der Waals surface area contributed by atoms with Crippen molar-refractivity contribution in [3.8, 4) is 0 Å². The van der Waals surface area contributed by atoms with Crippen LogP contribution in [-0.2, 0) is 9.84 Å². The molecule has 17 heavy (non-hydrogen) atoms. The Morgan fingerprint density at radius 3 is 2.59 bits per heavy atom. The number of unbranched alkanes of at least 4 members (excludes halogenated alkanes) is 1. The van der Waals surface area contributed by atoms with Crippen molar-refractivity contribution in [2.24, 2.45) is 0 Å². The zero-order chi connectivity index (χ0) is 12.3. The minimum absolute atomic E-state index is 0.157. The zero-order valence-electron chi connectivity index (χ0n) is 10.7. The molecule has 0 saturated carbocycles. The number of nitrogens with zero attached hydrogens (tertiary/aromatic N) is 1. The summed E-state index contributed by atoms with van der Waals surface area (Å²) in [6, 6.07) is 0.379. The van der Waals surface area contributed by atoms with Crippen LogP contribution in [0.5, 0.6) is 0 Å². The van der Waals surface area contributed by atoms with Gasteiger partial charge in [0.15, 0.2) is 9.84 Å². The minimum atomic E-state index is -2.82. The highest BCUT2D eigenvalue weighted by atomic mass is 32.2. The standard InChI is InChI=1S/C12H24N2O2S/c1-2-3-6-13-11-9-17(15,16)10-12(11)14-7-4-5-8-14/h11-13H,2-10H2,1H3/t11-,12-/m0/s1. The van der Waals surface area contributed by atoms with Crippen molar-refractivity contribution >= 4 is 9.84 Å². The molecule has 0 radical (unpaired) electrons. The molecule has 100 valence electrons. The summed E-state index contributed by atoms with van der Waals surface area (Å²) in [5.41, 5.74) is 0. The van der Waals surface area contributed by atoms with Gasteiger partial charge in [0.2, 0.25) is 0 Å². The summed E-state index contributed by atoms with van der Waals surface area (Å²) in [4.78, 5) is 2.37. The minimum Gasteiger partial charge on any atom is -0.311 e. The predicted molar refractivity (Wildman–Crippen MR) is 69.9 cm³/mol. The van der Waals surface area contributed by atoms with Crippen molar-refractivity contribution in [1.29, 1.82) is 0 Å². The van der Waals surface area contributed by atoms with Gasteiger partial charge in [0, 0.05) is 12.1 Å². The van der Waals surface area contributed by atoms with Crippen LogP contribution in [-0.4, -0.2) is 56.5 Å². The van der Waals surface area contributed by atoms with Gasteiger partial charge in [-0.2, -0.15) is 0 Å². The molecule has 2 rings (SSSR count). The Morgan fingerprint density at radius 2 is 1.94 bits per heavy atom. The summed E-state index contributed by atoms with van der Waals surface area (Å²) in [5, 5.41) is 3.44. The summed E-state index contributed by atoms with van der Waals surface area (Å²) < 4.78 is 23.5. The van der Waals surface area contributed by atoms with Crippen LogP contribution in [0.4, 0.5) is 0 Å². The lowest BCUT2D eigenvalue weighted by Gasteiger charge is -2.28. The predicted octanol–water partition coefficient (Wildman–Crippen LogP) is 0.638. The van der Waals surface area contributed by atoms with E-state index < -0.39 is 9.84 Å². The maximum Gasteiger partial charge on any atom is 0.153 e. The Hall–Kier alpha value is -0.130. The Kier molecular flexibility index (Phi) is 4.44. The molecular weight excluding hydrogens is 236 g/mol. The number of likely N-dealkylation sites (tertiary alicyclic amines) is 1. The summed E-state index contributed by atoms with van der Waals surface area (Å²) in [7, 11) is -2.82. The molecule has 2 aliphatic rings. The molecule has 0 spiro atoms. The van der Waals surface area contributed by atoms with Crippen LogP contribution in [0, 0.1) is 0 Å². The molecular formula is C12H24N2O2S. The lowest BCUT2D eigenvalue weighted by molar-refractivity contribution is 0.226. The number of hydrogen-bond donors (Lipinski definition) is 1. The average molecular weight is 260 g/mol. The van der Waals surface area contributed by atoms with Gasteiger partial charge in [0.1, 0.15) is 0 Å². The normalized spacial score (nSPS) is 33.2. The lowest BCUT2D eigenvalue weighted by atomic mass is 10.1. The van der Waals surface area contributed by atoms with E-state index in [1.165, 1.54) is 12.8 Å². The van der Waals surface area contributed by atoms with Gasteiger partial charge < -0.3 is 5.32 Å². The van der Waals surface area contributed by atoms with Gasteiger partial charge in [0.25, 0.3) is 0 Å². The van der Waals surface area contributed by atoms with Crippen LogP contribution >= 0.6 is 0 Å². The second-order valence-electron chi connectivity index (χ2n) is 5.30. The SMILES string of the molecule is CCCCN[C@H]1CS(=O)(=O)C[C@@H]1N1CCCC1. The van der Waals surface area contributed by atoms with Crippen molar-refractivity contribution in [1.82, 2.24) is 10.2 Å². The number of sulfone groups is 1. The van der Waals surface area contributed by atoms with Crippen molar-refractivity contribution in [3.63, 3.8) is 0 Å². The molecule has 2 saturated heterocycles. The maximum absolute atomic E-state index is 11.8. The van der Waals surface area contributed by atoms with Crippen LogP contribution in [0.25, 0.3) is 0 Å². The largest absolute Gasteiger partial charge is 0.311 e. The number of nitrogens with one attached hydrogen (secondary N) is 1. The van der Waals surface area contributed by atoms with Crippen LogP contribution in [0.1, 0.15) is 32.6 Å². The van der Waals surface area contributed by atoms with Gasteiger partial charge in [-0.1, -0.05) is 13.3 Å². The molecule has 2 aliphatic heterocycles. The Balaban J connectivity index is 1.95. The zero-order valence-corrected chi connectivity index (χ0v) is 11.5. The summed E-state index contributed by atoms with van der Waals surface area (Å²) in [6.45, 7) is 5.25. The molecule has 0 aromatic heterocycles. The highest BCUT2D eigenvalue weighted by molar-refractivity contribution is 7.91. The van der Waals surface area contributed by atoms with E-state index in [0.29, 0.717) is 11.5 Å². The van der Waals surface area contributed by atoms with E-state index in [4.69, 9.17) is 0 Å². The fraction of sp³-hybridized carbons (Fsp3) is 1.00. The number of rotatable bonds is 5. The van der Waals surface area contributed by atoms with E-state index in [-0.39, 0.29) is 12.1 Å². The fourth-order valence-electron chi connectivity index (χ4n) is 2.92. The molecule has 0 aromatic rings. The third kappa shape index (κ3) is 3.42. The molecule has 0 bridgehead atoms. The Morgan fingerprint density at radius 1 is 1.24 bits per heavy atom. The highest BCUT2D eigenvalue weighted by Gasteiger charge is 2.41. The van der Waals surface area contributed by atoms with E-state index in [0.717, 1.165) is 32.5 Å². The molecule has 0 unspecified atom stereocenters. The van der Waals surface area contributed by atoms with Crippen molar-refractivity contribution in [3.05, 3.63) is 0 Å². The summed E-state index contributed by atoms with van der Waals surface area (Å²) in [6.07, 6.45) is 4.72. The third-order valence-electron chi connectivity index (χ3n) is 3.87. The first-order valence-corrected chi connectivity index (χ1v) is 8.62.